The first-order valence-corrected chi connectivity index (χ1v) is 8.22. The Labute approximate surface area is 144 Å². The molecule has 0 aliphatic rings. The molecular formula is C19H30O5. The number of ether oxygens (including phenoxy) is 2. The van der Waals surface area contributed by atoms with Gasteiger partial charge in [0, 0.05) is 11.1 Å². The van der Waals surface area contributed by atoms with Gasteiger partial charge in [0.2, 0.25) is 0 Å². The number of carbonyl (C=O) groups excluding carboxylic acids is 1. The number of aliphatic hydroxyl groups excluding tert-OH is 1. The first-order valence-electron chi connectivity index (χ1n) is 8.22. The standard InChI is InChI=1S/C19H30O5/c1-18(2,3)14-11-13(12-15(16(14)21)19(4,5)6)17(22)24-10-9-23-8-7-20/h11-12,20-21H,7-10H2,1-6H3. The number of hydrogen-bond donors (Lipinski definition) is 2. The molecular weight excluding hydrogens is 308 g/mol. The number of phenolic OH excluding ortho intramolecular Hbond substituents is 1. The summed E-state index contributed by atoms with van der Waals surface area (Å²) in [6.45, 7) is 12.5. The molecule has 0 saturated carbocycles. The van der Waals surface area contributed by atoms with Crippen LogP contribution in [0.3, 0.4) is 0 Å². The maximum absolute atomic E-state index is 12.3. The quantitative estimate of drug-likeness (QED) is 0.615. The van der Waals surface area contributed by atoms with Crippen LogP contribution in [0.25, 0.3) is 0 Å². The van der Waals surface area contributed by atoms with Gasteiger partial charge in [-0.05, 0) is 23.0 Å². The maximum Gasteiger partial charge on any atom is 0.338 e. The van der Waals surface area contributed by atoms with Gasteiger partial charge in [0.15, 0.2) is 0 Å². The minimum Gasteiger partial charge on any atom is -0.507 e. The summed E-state index contributed by atoms with van der Waals surface area (Å²) >= 11 is 0. The first kappa shape index (κ1) is 20.5. The van der Waals surface area contributed by atoms with Gasteiger partial charge >= 0.3 is 5.97 Å². The number of carbonyl (C=O) groups is 1. The number of hydrogen-bond acceptors (Lipinski definition) is 5. The van der Waals surface area contributed by atoms with E-state index in [1.54, 1.807) is 12.1 Å². The van der Waals surface area contributed by atoms with Crippen molar-refractivity contribution >= 4 is 5.97 Å². The highest BCUT2D eigenvalue weighted by molar-refractivity contribution is 5.90. The Hall–Kier alpha value is -1.59. The monoisotopic (exact) mass is 338 g/mol. The molecule has 1 rings (SSSR count). The molecule has 0 saturated heterocycles. The number of benzene rings is 1. The van der Waals surface area contributed by atoms with Crippen molar-refractivity contribution in [3.63, 3.8) is 0 Å². The lowest BCUT2D eigenvalue weighted by molar-refractivity contribution is 0.0258. The Bertz CT molecular complexity index is 529. The van der Waals surface area contributed by atoms with E-state index in [0.717, 1.165) is 11.1 Å². The van der Waals surface area contributed by atoms with E-state index in [-0.39, 0.29) is 43.0 Å². The zero-order valence-corrected chi connectivity index (χ0v) is 15.6. The zero-order chi connectivity index (χ0) is 18.5. The van der Waals surface area contributed by atoms with Crippen molar-refractivity contribution in [1.29, 1.82) is 0 Å². The van der Waals surface area contributed by atoms with E-state index < -0.39 is 5.97 Å². The van der Waals surface area contributed by atoms with Crippen LogP contribution in [-0.2, 0) is 20.3 Å². The van der Waals surface area contributed by atoms with Crippen LogP contribution in [0.5, 0.6) is 5.75 Å². The third-order valence-corrected chi connectivity index (χ3v) is 3.66. The van der Waals surface area contributed by atoms with Gasteiger partial charge in [-0.2, -0.15) is 0 Å². The Morgan fingerprint density at radius 1 is 0.958 bits per heavy atom. The minimum atomic E-state index is -0.446. The fraction of sp³-hybridized carbons (Fsp3) is 0.632. The molecule has 0 heterocycles. The molecule has 5 nitrogen and oxygen atoms in total. The van der Waals surface area contributed by atoms with Gasteiger partial charge in [-0.25, -0.2) is 4.79 Å². The summed E-state index contributed by atoms with van der Waals surface area (Å²) in [5.41, 5.74) is 1.26. The number of phenols is 1. The lowest BCUT2D eigenvalue weighted by Gasteiger charge is -2.27. The zero-order valence-electron chi connectivity index (χ0n) is 15.6. The average molecular weight is 338 g/mol. The molecule has 2 N–H and O–H groups in total. The van der Waals surface area contributed by atoms with Crippen molar-refractivity contribution < 1.29 is 24.5 Å². The fourth-order valence-electron chi connectivity index (χ4n) is 2.34. The van der Waals surface area contributed by atoms with Crippen molar-refractivity contribution in [3.8, 4) is 5.75 Å². The molecule has 24 heavy (non-hydrogen) atoms. The summed E-state index contributed by atoms with van der Waals surface area (Å²) in [7, 11) is 0. The predicted molar refractivity (Wildman–Crippen MR) is 93.7 cm³/mol. The summed E-state index contributed by atoms with van der Waals surface area (Å²) in [6, 6.07) is 3.39. The lowest BCUT2D eigenvalue weighted by Crippen LogP contribution is -2.20. The van der Waals surface area contributed by atoms with Gasteiger partial charge in [-0.3, -0.25) is 0 Å². The number of aliphatic hydroxyl groups is 1. The highest BCUT2D eigenvalue weighted by Gasteiger charge is 2.28. The molecule has 1 aromatic rings. The molecule has 0 aliphatic heterocycles. The average Bonchev–Trinajstić information content (AvgIpc) is 2.44. The Kier molecular flexibility index (Phi) is 6.81. The van der Waals surface area contributed by atoms with Crippen LogP contribution in [0.15, 0.2) is 12.1 Å². The Balaban J connectivity index is 3.08. The topological polar surface area (TPSA) is 76.0 Å². The third kappa shape index (κ3) is 5.49. The second kappa shape index (κ2) is 7.99. The highest BCUT2D eigenvalue weighted by Crippen LogP contribution is 2.39. The van der Waals surface area contributed by atoms with Crippen LogP contribution in [0.4, 0.5) is 0 Å². The van der Waals surface area contributed by atoms with Crippen LogP contribution in [0.2, 0.25) is 0 Å². The molecule has 0 aliphatic carbocycles. The van der Waals surface area contributed by atoms with E-state index in [9.17, 15) is 9.90 Å². The fourth-order valence-corrected chi connectivity index (χ4v) is 2.34. The largest absolute Gasteiger partial charge is 0.507 e. The molecule has 136 valence electrons. The van der Waals surface area contributed by atoms with E-state index >= 15 is 0 Å². The van der Waals surface area contributed by atoms with Crippen LogP contribution in [0, 0.1) is 0 Å². The van der Waals surface area contributed by atoms with Crippen molar-refractivity contribution in [2.45, 2.75) is 52.4 Å². The molecule has 0 radical (unpaired) electrons. The summed E-state index contributed by atoms with van der Waals surface area (Å²) < 4.78 is 10.3. The van der Waals surface area contributed by atoms with Crippen molar-refractivity contribution in [2.24, 2.45) is 0 Å². The van der Waals surface area contributed by atoms with E-state index in [1.165, 1.54) is 0 Å². The minimum absolute atomic E-state index is 0.0597. The van der Waals surface area contributed by atoms with Gasteiger partial charge in [-0.1, -0.05) is 41.5 Å². The summed E-state index contributed by atoms with van der Waals surface area (Å²) in [5, 5.41) is 19.3. The highest BCUT2D eigenvalue weighted by atomic mass is 16.6. The molecule has 0 aromatic heterocycles. The third-order valence-electron chi connectivity index (χ3n) is 3.66. The Morgan fingerprint density at radius 3 is 1.88 bits per heavy atom. The predicted octanol–water partition coefficient (Wildman–Crippen LogP) is 3.15. The second-order valence-corrected chi connectivity index (χ2v) is 7.89. The number of rotatable bonds is 6. The van der Waals surface area contributed by atoms with Crippen molar-refractivity contribution in [3.05, 3.63) is 28.8 Å². The van der Waals surface area contributed by atoms with E-state index in [1.807, 2.05) is 41.5 Å². The van der Waals surface area contributed by atoms with Gasteiger partial charge in [0.25, 0.3) is 0 Å². The molecule has 0 bridgehead atoms. The molecule has 0 spiro atoms. The van der Waals surface area contributed by atoms with Crippen molar-refractivity contribution in [2.75, 3.05) is 26.4 Å². The molecule has 0 atom stereocenters. The number of esters is 1. The van der Waals surface area contributed by atoms with E-state index in [0.29, 0.717) is 5.56 Å². The molecule has 0 amide bonds. The summed E-state index contributed by atoms with van der Waals surface area (Å²) in [4.78, 5) is 12.3. The normalized spacial score (nSPS) is 12.3. The molecule has 0 fully saturated rings. The molecule has 5 heteroatoms. The lowest BCUT2D eigenvalue weighted by atomic mass is 9.78. The molecule has 0 unspecified atom stereocenters. The van der Waals surface area contributed by atoms with E-state index in [2.05, 4.69) is 0 Å². The second-order valence-electron chi connectivity index (χ2n) is 7.89. The molecule has 1 aromatic carbocycles. The SMILES string of the molecule is CC(C)(C)c1cc(C(=O)OCCOCCO)cc(C(C)(C)C)c1O. The smallest absolute Gasteiger partial charge is 0.338 e. The van der Waals surface area contributed by atoms with Gasteiger partial charge in [-0.15, -0.1) is 0 Å². The summed E-state index contributed by atoms with van der Waals surface area (Å²) in [6.07, 6.45) is 0. The van der Waals surface area contributed by atoms with Crippen LogP contribution in [0.1, 0.15) is 63.0 Å². The van der Waals surface area contributed by atoms with Crippen LogP contribution < -0.4 is 0 Å². The summed E-state index contributed by atoms with van der Waals surface area (Å²) in [5.74, 6) is -0.212. The van der Waals surface area contributed by atoms with Gasteiger partial charge in [0.05, 0.1) is 25.4 Å². The maximum atomic E-state index is 12.3. The Morgan fingerprint density at radius 2 is 1.46 bits per heavy atom. The van der Waals surface area contributed by atoms with Crippen molar-refractivity contribution in [1.82, 2.24) is 0 Å². The first-order chi connectivity index (χ1) is 11.0. The number of aromatic hydroxyl groups is 1. The van der Waals surface area contributed by atoms with Crippen LogP contribution in [-0.4, -0.2) is 42.6 Å². The van der Waals surface area contributed by atoms with E-state index in [4.69, 9.17) is 14.6 Å². The van der Waals surface area contributed by atoms with Crippen LogP contribution >= 0.6 is 0 Å². The van der Waals surface area contributed by atoms with Gasteiger partial charge < -0.3 is 19.7 Å². The van der Waals surface area contributed by atoms with Gasteiger partial charge in [0.1, 0.15) is 12.4 Å².